The zero-order valence-corrected chi connectivity index (χ0v) is 18.8. The third kappa shape index (κ3) is 3.63. The molecule has 6 nitrogen and oxygen atoms in total. The van der Waals surface area contributed by atoms with E-state index in [-0.39, 0.29) is 12.0 Å². The summed E-state index contributed by atoms with van der Waals surface area (Å²) < 4.78 is 9.51. The van der Waals surface area contributed by atoms with E-state index in [0.29, 0.717) is 6.61 Å². The number of nitrogens with one attached hydrogen (secondary N) is 1. The molecule has 1 saturated heterocycles. The number of hydrogen-bond acceptors (Lipinski definition) is 5. The van der Waals surface area contributed by atoms with Crippen molar-refractivity contribution in [2.45, 2.75) is 26.5 Å². The van der Waals surface area contributed by atoms with Gasteiger partial charge in [-0.2, -0.15) is 0 Å². The zero-order chi connectivity index (χ0) is 21.5. The van der Waals surface area contributed by atoms with Gasteiger partial charge in [0.25, 0.3) is 5.91 Å². The van der Waals surface area contributed by atoms with Gasteiger partial charge in [0.15, 0.2) is 0 Å². The number of benzene rings is 1. The van der Waals surface area contributed by atoms with Crippen LogP contribution < -0.4 is 5.32 Å². The molecule has 1 aromatic carbocycles. The lowest BCUT2D eigenvalue weighted by Crippen LogP contribution is -2.38. The second kappa shape index (κ2) is 8.07. The number of aromatic nitrogens is 2. The molecule has 5 rings (SSSR count). The summed E-state index contributed by atoms with van der Waals surface area (Å²) in [5.41, 5.74) is 5.47. The smallest absolute Gasteiger partial charge is 0.261 e. The molecule has 7 heteroatoms. The van der Waals surface area contributed by atoms with Gasteiger partial charge in [-0.15, -0.1) is 11.3 Å². The van der Waals surface area contributed by atoms with Gasteiger partial charge >= 0.3 is 0 Å². The molecule has 1 atom stereocenters. The van der Waals surface area contributed by atoms with Crippen molar-refractivity contribution in [2.24, 2.45) is 0 Å². The number of ether oxygens (including phenoxy) is 1. The molecule has 4 heterocycles. The van der Waals surface area contributed by atoms with E-state index in [1.165, 1.54) is 22.6 Å². The Hall–Kier alpha value is -2.74. The van der Waals surface area contributed by atoms with Gasteiger partial charge < -0.3 is 14.5 Å². The Bertz CT molecular complexity index is 1280. The summed E-state index contributed by atoms with van der Waals surface area (Å²) in [6.45, 7) is 7.19. The highest BCUT2D eigenvalue weighted by Gasteiger charge is 2.30. The van der Waals surface area contributed by atoms with Crippen LogP contribution in [0.5, 0.6) is 0 Å². The molecule has 1 amide bonds. The topological polar surface area (TPSA) is 58.9 Å². The predicted molar refractivity (Wildman–Crippen MR) is 124 cm³/mol. The van der Waals surface area contributed by atoms with Gasteiger partial charge in [0, 0.05) is 43.1 Å². The molecule has 1 N–H and O–H groups in total. The number of carbonyl (C=O) groups is 1. The highest BCUT2D eigenvalue weighted by atomic mass is 32.1. The molecule has 0 aliphatic carbocycles. The summed E-state index contributed by atoms with van der Waals surface area (Å²) in [5, 5.41) is 3.90. The Kier molecular flexibility index (Phi) is 5.25. The summed E-state index contributed by atoms with van der Waals surface area (Å²) in [5.74, 6) is -0.0510. The molecule has 1 fully saturated rings. The molecule has 0 unspecified atom stereocenters. The van der Waals surface area contributed by atoms with Crippen LogP contribution >= 0.6 is 11.3 Å². The normalized spacial score (nSPS) is 17.5. The van der Waals surface area contributed by atoms with Gasteiger partial charge in [-0.1, -0.05) is 18.2 Å². The lowest BCUT2D eigenvalue weighted by atomic mass is 10.0. The van der Waals surface area contributed by atoms with Crippen molar-refractivity contribution in [3.05, 3.63) is 70.0 Å². The number of imidazole rings is 1. The van der Waals surface area contributed by atoms with Crippen molar-refractivity contribution in [1.82, 2.24) is 19.6 Å². The molecule has 1 aliphatic rings. The van der Waals surface area contributed by atoms with E-state index < -0.39 is 0 Å². The summed E-state index contributed by atoms with van der Waals surface area (Å²) in [7, 11) is 1.68. The zero-order valence-electron chi connectivity index (χ0n) is 18.0. The lowest BCUT2D eigenvalue weighted by molar-refractivity contribution is -0.0328. The Morgan fingerprint density at radius 1 is 1.29 bits per heavy atom. The summed E-state index contributed by atoms with van der Waals surface area (Å²) >= 11 is 1.54. The van der Waals surface area contributed by atoms with Gasteiger partial charge in [0.2, 0.25) is 0 Å². The number of carbonyl (C=O) groups excluding carboxylic acids is 1. The number of rotatable bonds is 4. The first-order valence-corrected chi connectivity index (χ1v) is 11.4. The molecule has 0 saturated carbocycles. The fourth-order valence-corrected chi connectivity index (χ4v) is 5.61. The van der Waals surface area contributed by atoms with Crippen LogP contribution in [0.15, 0.2) is 42.6 Å². The van der Waals surface area contributed by atoms with E-state index in [2.05, 4.69) is 58.9 Å². The van der Waals surface area contributed by atoms with Crippen molar-refractivity contribution >= 4 is 33.0 Å². The average Bonchev–Trinajstić information content (AvgIpc) is 3.31. The fourth-order valence-electron chi connectivity index (χ4n) is 4.41. The van der Waals surface area contributed by atoms with E-state index >= 15 is 0 Å². The van der Waals surface area contributed by atoms with Gasteiger partial charge in [0.1, 0.15) is 5.65 Å². The lowest BCUT2D eigenvalue weighted by Gasteiger charge is -2.33. The summed E-state index contributed by atoms with van der Waals surface area (Å²) in [6.07, 6.45) is 1.97. The minimum Gasteiger partial charge on any atom is -0.371 e. The van der Waals surface area contributed by atoms with E-state index in [1.807, 2.05) is 12.1 Å². The second-order valence-electron chi connectivity index (χ2n) is 8.09. The minimum absolute atomic E-state index is 0.0510. The predicted octanol–water partition coefficient (Wildman–Crippen LogP) is 4.10. The van der Waals surface area contributed by atoms with Crippen LogP contribution in [0.25, 0.3) is 15.7 Å². The molecule has 4 aromatic rings. The molecular formula is C24H26N4O2S. The highest BCUT2D eigenvalue weighted by molar-refractivity contribution is 7.21. The fraction of sp³-hybridized carbons (Fsp3) is 0.333. The van der Waals surface area contributed by atoms with Crippen LogP contribution in [0, 0.1) is 13.8 Å². The molecular weight excluding hydrogens is 408 g/mol. The van der Waals surface area contributed by atoms with Crippen LogP contribution in [0.1, 0.15) is 38.3 Å². The van der Waals surface area contributed by atoms with E-state index in [1.54, 1.807) is 7.05 Å². The van der Waals surface area contributed by atoms with Gasteiger partial charge in [0.05, 0.1) is 29.0 Å². The van der Waals surface area contributed by atoms with Crippen LogP contribution in [0.3, 0.4) is 0 Å². The Balaban J connectivity index is 1.47. The average molecular weight is 435 g/mol. The van der Waals surface area contributed by atoms with Gasteiger partial charge in [-0.3, -0.25) is 9.69 Å². The van der Waals surface area contributed by atoms with Crippen LogP contribution in [-0.4, -0.2) is 46.9 Å². The number of morpholine rings is 1. The summed E-state index contributed by atoms with van der Waals surface area (Å²) in [4.78, 5) is 20.5. The van der Waals surface area contributed by atoms with Crippen molar-refractivity contribution in [2.75, 3.05) is 26.7 Å². The summed E-state index contributed by atoms with van der Waals surface area (Å²) in [6, 6.07) is 12.4. The molecule has 3 aromatic heterocycles. The second-order valence-corrected chi connectivity index (χ2v) is 9.14. The molecule has 31 heavy (non-hydrogen) atoms. The van der Waals surface area contributed by atoms with Crippen LogP contribution in [0.4, 0.5) is 0 Å². The third-order valence-corrected chi connectivity index (χ3v) is 7.18. The van der Waals surface area contributed by atoms with E-state index in [0.717, 1.165) is 51.5 Å². The molecule has 1 aliphatic heterocycles. The van der Waals surface area contributed by atoms with Crippen LogP contribution in [0.2, 0.25) is 0 Å². The number of amides is 1. The minimum atomic E-state index is -0.140. The maximum atomic E-state index is 12.6. The SMILES string of the molecule is CNC(=O)c1sc2ccccc2c1[C@@H]1CN(Cc2c(C)nc3cc(C)ccn23)CCO1. The van der Waals surface area contributed by atoms with E-state index in [9.17, 15) is 4.79 Å². The van der Waals surface area contributed by atoms with Crippen LogP contribution in [-0.2, 0) is 11.3 Å². The largest absolute Gasteiger partial charge is 0.371 e. The third-order valence-electron chi connectivity index (χ3n) is 5.99. The van der Waals surface area contributed by atoms with Gasteiger partial charge in [-0.05, 0) is 43.0 Å². The monoisotopic (exact) mass is 434 g/mol. The highest BCUT2D eigenvalue weighted by Crippen LogP contribution is 2.38. The molecule has 0 bridgehead atoms. The van der Waals surface area contributed by atoms with Crippen molar-refractivity contribution < 1.29 is 9.53 Å². The van der Waals surface area contributed by atoms with E-state index in [4.69, 9.17) is 9.72 Å². The molecule has 0 spiro atoms. The number of fused-ring (bicyclic) bond motifs is 2. The molecule has 160 valence electrons. The number of aryl methyl sites for hydroxylation is 2. The van der Waals surface area contributed by atoms with Crippen molar-refractivity contribution in [3.63, 3.8) is 0 Å². The number of nitrogens with zero attached hydrogens (tertiary/aromatic N) is 3. The number of thiophene rings is 1. The number of hydrogen-bond donors (Lipinski definition) is 1. The first kappa shape index (κ1) is 20.2. The Morgan fingerprint density at radius 2 is 2.13 bits per heavy atom. The first-order valence-electron chi connectivity index (χ1n) is 10.6. The Morgan fingerprint density at radius 3 is 2.97 bits per heavy atom. The maximum Gasteiger partial charge on any atom is 0.261 e. The maximum absolute atomic E-state index is 12.6. The van der Waals surface area contributed by atoms with Gasteiger partial charge in [-0.25, -0.2) is 4.98 Å². The molecule has 0 radical (unpaired) electrons. The quantitative estimate of drug-likeness (QED) is 0.525. The van der Waals surface area contributed by atoms with Crippen molar-refractivity contribution in [1.29, 1.82) is 0 Å². The standard InChI is InChI=1S/C24H26N4O2S/c1-15-8-9-28-18(16(2)26-21(28)12-15)13-27-10-11-30-19(14-27)22-17-6-4-5-7-20(17)31-23(22)24(29)25-3/h4-9,12,19H,10-11,13-14H2,1-3H3,(H,25,29)/t19-/m0/s1. The first-order chi connectivity index (χ1) is 15.0. The van der Waals surface area contributed by atoms with Crippen molar-refractivity contribution in [3.8, 4) is 0 Å². The Labute approximate surface area is 185 Å². The number of pyridine rings is 1.